The molecule has 1 aromatic heterocycles. The number of nitrogens with zero attached hydrogens (tertiary/aromatic N) is 3. The summed E-state index contributed by atoms with van der Waals surface area (Å²) in [7, 11) is 3.97. The number of hydrogen-bond donors (Lipinski definition) is 1. The van der Waals surface area contributed by atoms with Gasteiger partial charge in [-0.2, -0.15) is 0 Å². The quantitative estimate of drug-likeness (QED) is 0.692. The molecule has 0 atom stereocenters. The van der Waals surface area contributed by atoms with Crippen molar-refractivity contribution in [2.75, 3.05) is 19.8 Å². The maximum atomic E-state index is 5.69. The average molecular weight is 166 g/mol. The first-order valence-electron chi connectivity index (χ1n) is 3.82. The number of aromatic nitrogens is 2. The summed E-state index contributed by atoms with van der Waals surface area (Å²) in [5, 5.41) is 0. The maximum Gasteiger partial charge on any atom is 0.131 e. The normalized spacial score (nSPS) is 10.7. The number of anilines is 1. The Balaban J connectivity index is 2.86. The van der Waals surface area contributed by atoms with E-state index in [2.05, 4.69) is 9.97 Å². The Bertz CT molecular complexity index is 270. The zero-order valence-corrected chi connectivity index (χ0v) is 7.70. The largest absolute Gasteiger partial charge is 0.383 e. The second-order valence-electron chi connectivity index (χ2n) is 3.07. The van der Waals surface area contributed by atoms with Crippen LogP contribution in [0.15, 0.2) is 6.20 Å². The first-order valence-corrected chi connectivity index (χ1v) is 3.82. The van der Waals surface area contributed by atoms with E-state index in [1.165, 1.54) is 0 Å². The molecule has 0 saturated heterocycles. The van der Waals surface area contributed by atoms with Gasteiger partial charge in [-0.05, 0) is 21.0 Å². The highest BCUT2D eigenvalue weighted by atomic mass is 15.1. The number of nitrogens with two attached hydrogens (primary N) is 1. The van der Waals surface area contributed by atoms with Crippen molar-refractivity contribution >= 4 is 5.82 Å². The van der Waals surface area contributed by atoms with Gasteiger partial charge in [0.15, 0.2) is 0 Å². The van der Waals surface area contributed by atoms with Crippen LogP contribution in [-0.2, 0) is 6.54 Å². The topological polar surface area (TPSA) is 55.0 Å². The monoisotopic (exact) mass is 166 g/mol. The summed E-state index contributed by atoms with van der Waals surface area (Å²) in [4.78, 5) is 10.2. The lowest BCUT2D eigenvalue weighted by atomic mass is 10.3. The van der Waals surface area contributed by atoms with Gasteiger partial charge >= 0.3 is 0 Å². The first kappa shape index (κ1) is 8.93. The Morgan fingerprint density at radius 3 is 2.67 bits per heavy atom. The molecule has 4 nitrogen and oxygen atoms in total. The van der Waals surface area contributed by atoms with Crippen LogP contribution in [0.2, 0.25) is 0 Å². The Labute approximate surface area is 72.4 Å². The van der Waals surface area contributed by atoms with E-state index in [4.69, 9.17) is 5.73 Å². The molecule has 0 aromatic carbocycles. The third-order valence-corrected chi connectivity index (χ3v) is 1.51. The summed E-state index contributed by atoms with van der Waals surface area (Å²) >= 11 is 0. The molecular formula is C8H14N4. The summed E-state index contributed by atoms with van der Waals surface area (Å²) in [6, 6.07) is 0. The smallest absolute Gasteiger partial charge is 0.131 e. The predicted octanol–water partition coefficient (Wildman–Crippen LogP) is 0.429. The molecule has 0 fully saturated rings. The van der Waals surface area contributed by atoms with Crippen molar-refractivity contribution in [1.82, 2.24) is 14.9 Å². The van der Waals surface area contributed by atoms with Gasteiger partial charge in [0, 0.05) is 18.3 Å². The van der Waals surface area contributed by atoms with E-state index >= 15 is 0 Å². The molecule has 12 heavy (non-hydrogen) atoms. The summed E-state index contributed by atoms with van der Waals surface area (Å²) in [5.74, 6) is 1.30. The van der Waals surface area contributed by atoms with Crippen molar-refractivity contribution in [3.63, 3.8) is 0 Å². The van der Waals surface area contributed by atoms with Gasteiger partial charge < -0.3 is 10.6 Å². The highest BCUT2D eigenvalue weighted by Gasteiger charge is 2.02. The zero-order valence-electron chi connectivity index (χ0n) is 7.70. The molecule has 0 amide bonds. The van der Waals surface area contributed by atoms with Crippen LogP contribution in [0.3, 0.4) is 0 Å². The number of aryl methyl sites for hydroxylation is 1. The van der Waals surface area contributed by atoms with Gasteiger partial charge in [-0.3, -0.25) is 0 Å². The summed E-state index contributed by atoms with van der Waals surface area (Å²) < 4.78 is 0. The number of hydrogen-bond acceptors (Lipinski definition) is 4. The zero-order chi connectivity index (χ0) is 9.14. The first-order chi connectivity index (χ1) is 5.59. The fourth-order valence-corrected chi connectivity index (χ4v) is 0.975. The minimum absolute atomic E-state index is 0.580. The molecule has 4 heteroatoms. The SMILES string of the molecule is Cc1ncc(CN(C)C)c(N)n1. The van der Waals surface area contributed by atoms with E-state index in [1.54, 1.807) is 6.20 Å². The molecule has 0 bridgehead atoms. The van der Waals surface area contributed by atoms with Gasteiger partial charge in [-0.15, -0.1) is 0 Å². The Morgan fingerprint density at radius 1 is 1.50 bits per heavy atom. The van der Waals surface area contributed by atoms with Gasteiger partial charge in [0.05, 0.1) is 0 Å². The molecule has 0 saturated carbocycles. The van der Waals surface area contributed by atoms with Gasteiger partial charge in [0.1, 0.15) is 11.6 Å². The minimum atomic E-state index is 0.580. The van der Waals surface area contributed by atoms with Crippen molar-refractivity contribution in [3.8, 4) is 0 Å². The molecule has 0 unspecified atom stereocenters. The van der Waals surface area contributed by atoms with Gasteiger partial charge in [0.2, 0.25) is 0 Å². The Morgan fingerprint density at radius 2 is 2.17 bits per heavy atom. The molecule has 1 heterocycles. The fraction of sp³-hybridized carbons (Fsp3) is 0.500. The highest BCUT2D eigenvalue weighted by Crippen LogP contribution is 2.08. The minimum Gasteiger partial charge on any atom is -0.383 e. The molecule has 1 aromatic rings. The fourth-order valence-electron chi connectivity index (χ4n) is 0.975. The molecule has 66 valence electrons. The van der Waals surface area contributed by atoms with E-state index in [0.29, 0.717) is 5.82 Å². The average Bonchev–Trinajstić information content (AvgIpc) is 1.94. The van der Waals surface area contributed by atoms with Crippen molar-refractivity contribution in [2.24, 2.45) is 0 Å². The summed E-state index contributed by atoms with van der Waals surface area (Å²) in [6.07, 6.45) is 1.78. The van der Waals surface area contributed by atoms with E-state index in [0.717, 1.165) is 17.9 Å². The van der Waals surface area contributed by atoms with Crippen LogP contribution in [-0.4, -0.2) is 29.0 Å². The lowest BCUT2D eigenvalue weighted by Gasteiger charge is -2.10. The van der Waals surface area contributed by atoms with Crippen LogP contribution in [0, 0.1) is 6.92 Å². The third kappa shape index (κ3) is 2.17. The molecule has 0 aliphatic carbocycles. The summed E-state index contributed by atoms with van der Waals surface area (Å²) in [5.41, 5.74) is 6.67. The second-order valence-corrected chi connectivity index (χ2v) is 3.07. The highest BCUT2D eigenvalue weighted by molar-refractivity contribution is 5.37. The van der Waals surface area contributed by atoms with E-state index in [1.807, 2.05) is 25.9 Å². The Kier molecular flexibility index (Phi) is 2.60. The number of nitrogen functional groups attached to an aromatic ring is 1. The maximum absolute atomic E-state index is 5.69. The molecule has 0 aliphatic heterocycles. The van der Waals surface area contributed by atoms with Crippen molar-refractivity contribution in [2.45, 2.75) is 13.5 Å². The van der Waals surface area contributed by atoms with E-state index < -0.39 is 0 Å². The van der Waals surface area contributed by atoms with Gasteiger partial charge in [0.25, 0.3) is 0 Å². The van der Waals surface area contributed by atoms with Crippen LogP contribution in [0.1, 0.15) is 11.4 Å². The van der Waals surface area contributed by atoms with Gasteiger partial charge in [-0.25, -0.2) is 9.97 Å². The third-order valence-electron chi connectivity index (χ3n) is 1.51. The Hall–Kier alpha value is -1.16. The molecule has 0 aliphatic rings. The lowest BCUT2D eigenvalue weighted by Crippen LogP contribution is -2.13. The van der Waals surface area contributed by atoms with Crippen LogP contribution >= 0.6 is 0 Å². The lowest BCUT2D eigenvalue weighted by molar-refractivity contribution is 0.402. The van der Waals surface area contributed by atoms with Gasteiger partial charge in [-0.1, -0.05) is 0 Å². The number of rotatable bonds is 2. The van der Waals surface area contributed by atoms with Crippen LogP contribution < -0.4 is 5.73 Å². The van der Waals surface area contributed by atoms with Crippen molar-refractivity contribution < 1.29 is 0 Å². The molecule has 2 N–H and O–H groups in total. The standard InChI is InChI=1S/C8H14N4/c1-6-10-4-7(5-12(2)3)8(9)11-6/h4H,5H2,1-3H3,(H2,9,10,11). The molecule has 1 rings (SSSR count). The van der Waals surface area contributed by atoms with Crippen LogP contribution in [0.5, 0.6) is 0 Å². The molecule has 0 spiro atoms. The van der Waals surface area contributed by atoms with Crippen molar-refractivity contribution in [3.05, 3.63) is 17.6 Å². The molecule has 0 radical (unpaired) electrons. The predicted molar refractivity (Wildman–Crippen MR) is 48.6 cm³/mol. The van der Waals surface area contributed by atoms with E-state index in [-0.39, 0.29) is 0 Å². The summed E-state index contributed by atoms with van der Waals surface area (Å²) in [6.45, 7) is 2.61. The van der Waals surface area contributed by atoms with E-state index in [9.17, 15) is 0 Å². The van der Waals surface area contributed by atoms with Crippen LogP contribution in [0.4, 0.5) is 5.82 Å². The molecular weight excluding hydrogens is 152 g/mol. The van der Waals surface area contributed by atoms with Crippen LogP contribution in [0.25, 0.3) is 0 Å². The van der Waals surface area contributed by atoms with Crippen molar-refractivity contribution in [1.29, 1.82) is 0 Å². The second kappa shape index (κ2) is 3.49.